The Morgan fingerprint density at radius 3 is 2.04 bits per heavy atom. The lowest BCUT2D eigenvalue weighted by atomic mass is 10.1. The fourth-order valence-corrected chi connectivity index (χ4v) is 5.93. The number of nitrogens with zero attached hydrogens (tertiary/aromatic N) is 2. The Bertz CT molecular complexity index is 1700. The van der Waals surface area contributed by atoms with Gasteiger partial charge in [-0.3, -0.25) is 13.9 Å². The zero-order valence-corrected chi connectivity index (χ0v) is 26.6. The Hall–Kier alpha value is -4.70. The quantitative estimate of drug-likeness (QED) is 0.187. The summed E-state index contributed by atoms with van der Waals surface area (Å²) in [6.45, 7) is 6.79. The van der Waals surface area contributed by atoms with E-state index in [9.17, 15) is 22.4 Å². The highest BCUT2D eigenvalue weighted by Gasteiger charge is 2.33. The highest BCUT2D eigenvalue weighted by atomic mass is 32.2. The molecular formula is C35H38FN3O5S. The third kappa shape index (κ3) is 8.69. The normalized spacial score (nSPS) is 12.0. The second-order valence-corrected chi connectivity index (χ2v) is 13.0. The molecule has 4 aromatic carbocycles. The Labute approximate surface area is 264 Å². The molecule has 0 bridgehead atoms. The van der Waals surface area contributed by atoms with Gasteiger partial charge in [-0.25, -0.2) is 12.8 Å². The molecule has 0 fully saturated rings. The molecule has 236 valence electrons. The van der Waals surface area contributed by atoms with E-state index in [1.165, 1.54) is 35.2 Å². The first-order valence-corrected chi connectivity index (χ1v) is 16.1. The number of carbonyl (C=O) groups excluding carboxylic acids is 2. The molecule has 0 heterocycles. The maximum atomic E-state index is 14.7. The zero-order chi connectivity index (χ0) is 32.6. The van der Waals surface area contributed by atoms with Crippen molar-refractivity contribution in [2.24, 2.45) is 5.92 Å². The number of hydrogen-bond donors (Lipinski definition) is 1. The van der Waals surface area contributed by atoms with E-state index in [4.69, 9.17) is 4.74 Å². The first-order valence-electron chi connectivity index (χ1n) is 14.7. The fraction of sp³-hybridized carbons (Fsp3) is 0.257. The van der Waals surface area contributed by atoms with Gasteiger partial charge in [0.1, 0.15) is 29.9 Å². The van der Waals surface area contributed by atoms with Crippen molar-refractivity contribution in [2.45, 2.75) is 45.2 Å². The van der Waals surface area contributed by atoms with Crippen LogP contribution in [-0.2, 0) is 26.2 Å². The number of aryl methyl sites for hydroxylation is 1. The molecule has 4 aromatic rings. The molecule has 4 rings (SSSR count). The lowest BCUT2D eigenvalue weighted by molar-refractivity contribution is -0.139. The molecule has 45 heavy (non-hydrogen) atoms. The number of amides is 2. The summed E-state index contributed by atoms with van der Waals surface area (Å²) in [5, 5.41) is 2.82. The van der Waals surface area contributed by atoms with Gasteiger partial charge < -0.3 is 15.0 Å². The van der Waals surface area contributed by atoms with E-state index in [1.807, 2.05) is 39.0 Å². The molecule has 0 aliphatic carbocycles. The summed E-state index contributed by atoms with van der Waals surface area (Å²) >= 11 is 0. The van der Waals surface area contributed by atoms with Gasteiger partial charge in [0.25, 0.3) is 10.0 Å². The number of para-hydroxylation sites is 1. The highest BCUT2D eigenvalue weighted by molar-refractivity contribution is 7.92. The maximum Gasteiger partial charge on any atom is 0.264 e. The van der Waals surface area contributed by atoms with E-state index < -0.39 is 40.2 Å². The summed E-state index contributed by atoms with van der Waals surface area (Å²) in [6.07, 6.45) is 0. The summed E-state index contributed by atoms with van der Waals surface area (Å²) < 4.78 is 49.7. The van der Waals surface area contributed by atoms with E-state index in [1.54, 1.807) is 61.5 Å². The Kier molecular flexibility index (Phi) is 11.0. The number of carbonyl (C=O) groups is 2. The minimum absolute atomic E-state index is 0.00566. The molecule has 2 amide bonds. The zero-order valence-electron chi connectivity index (χ0n) is 25.8. The van der Waals surface area contributed by atoms with E-state index in [2.05, 4.69) is 5.32 Å². The Morgan fingerprint density at radius 2 is 1.42 bits per heavy atom. The molecular weight excluding hydrogens is 593 g/mol. The summed E-state index contributed by atoms with van der Waals surface area (Å²) in [5.41, 5.74) is 1.29. The first-order chi connectivity index (χ1) is 21.5. The second kappa shape index (κ2) is 14.9. The van der Waals surface area contributed by atoms with Crippen molar-refractivity contribution in [1.29, 1.82) is 0 Å². The second-order valence-electron chi connectivity index (χ2n) is 11.2. The minimum Gasteiger partial charge on any atom is -0.457 e. The molecule has 0 saturated carbocycles. The molecule has 0 radical (unpaired) electrons. The third-order valence-electron chi connectivity index (χ3n) is 7.14. The first kappa shape index (κ1) is 33.2. The molecule has 1 atom stereocenters. The topological polar surface area (TPSA) is 96.0 Å². The van der Waals surface area contributed by atoms with Crippen LogP contribution in [0, 0.1) is 18.7 Å². The molecule has 1 N–H and O–H groups in total. The molecule has 0 aromatic heterocycles. The van der Waals surface area contributed by atoms with Crippen molar-refractivity contribution in [3.63, 3.8) is 0 Å². The number of rotatable bonds is 13. The van der Waals surface area contributed by atoms with E-state index >= 15 is 0 Å². The van der Waals surface area contributed by atoms with E-state index in [-0.39, 0.29) is 28.6 Å². The average molecular weight is 632 g/mol. The lowest BCUT2D eigenvalue weighted by Crippen LogP contribution is -2.51. The van der Waals surface area contributed by atoms with E-state index in [0.29, 0.717) is 18.0 Å². The monoisotopic (exact) mass is 631 g/mol. The summed E-state index contributed by atoms with van der Waals surface area (Å²) in [5.74, 6) is -0.391. The maximum absolute atomic E-state index is 14.7. The lowest BCUT2D eigenvalue weighted by Gasteiger charge is -2.32. The number of hydrogen-bond acceptors (Lipinski definition) is 5. The van der Waals surface area contributed by atoms with Crippen LogP contribution in [0.1, 0.15) is 31.9 Å². The van der Waals surface area contributed by atoms with Gasteiger partial charge in [-0.05, 0) is 74.4 Å². The van der Waals surface area contributed by atoms with Gasteiger partial charge in [-0.15, -0.1) is 0 Å². The average Bonchev–Trinajstić information content (AvgIpc) is 3.02. The smallest absolute Gasteiger partial charge is 0.264 e. The van der Waals surface area contributed by atoms with Crippen LogP contribution in [0.3, 0.4) is 0 Å². The van der Waals surface area contributed by atoms with Crippen LogP contribution in [-0.4, -0.2) is 44.3 Å². The van der Waals surface area contributed by atoms with Crippen LogP contribution in [0.15, 0.2) is 108 Å². The summed E-state index contributed by atoms with van der Waals surface area (Å²) in [4.78, 5) is 28.4. The fourth-order valence-electron chi connectivity index (χ4n) is 4.52. The van der Waals surface area contributed by atoms with Crippen LogP contribution in [0.25, 0.3) is 0 Å². The summed E-state index contributed by atoms with van der Waals surface area (Å²) in [7, 11) is -4.25. The minimum atomic E-state index is -4.25. The number of halogens is 1. The van der Waals surface area contributed by atoms with Crippen LogP contribution < -0.4 is 14.4 Å². The van der Waals surface area contributed by atoms with Gasteiger partial charge in [-0.2, -0.15) is 0 Å². The number of sulfonamides is 1. The largest absolute Gasteiger partial charge is 0.457 e. The molecule has 10 heteroatoms. The Balaban J connectivity index is 1.70. The number of anilines is 1. The third-order valence-corrected chi connectivity index (χ3v) is 8.93. The van der Waals surface area contributed by atoms with E-state index in [0.717, 1.165) is 9.87 Å². The molecule has 0 saturated heterocycles. The number of ether oxygens (including phenoxy) is 1. The van der Waals surface area contributed by atoms with Gasteiger partial charge in [0, 0.05) is 18.7 Å². The highest BCUT2D eigenvalue weighted by Crippen LogP contribution is 2.29. The van der Waals surface area contributed by atoms with Gasteiger partial charge in [0.2, 0.25) is 11.8 Å². The van der Waals surface area contributed by atoms with Gasteiger partial charge in [0.15, 0.2) is 0 Å². The molecule has 8 nitrogen and oxygen atoms in total. The van der Waals surface area contributed by atoms with Crippen LogP contribution >= 0.6 is 0 Å². The van der Waals surface area contributed by atoms with Gasteiger partial charge in [-0.1, -0.05) is 67.9 Å². The van der Waals surface area contributed by atoms with Crippen LogP contribution in [0.2, 0.25) is 0 Å². The number of nitrogens with one attached hydrogen (secondary N) is 1. The SMILES string of the molecule is Cc1ccc(S(=O)(=O)N(CC(=O)N(Cc2ccccc2F)[C@@H](C)C(=O)NCC(C)C)c2ccc(Oc3ccccc3)cc2)cc1. The van der Waals surface area contributed by atoms with Crippen molar-refractivity contribution >= 4 is 27.5 Å². The van der Waals surface area contributed by atoms with Crippen LogP contribution in [0.4, 0.5) is 10.1 Å². The van der Waals surface area contributed by atoms with Gasteiger partial charge >= 0.3 is 0 Å². The van der Waals surface area contributed by atoms with Crippen molar-refractivity contribution < 1.29 is 27.1 Å². The van der Waals surface area contributed by atoms with Crippen molar-refractivity contribution in [3.05, 3.63) is 120 Å². The van der Waals surface area contributed by atoms with Crippen molar-refractivity contribution in [3.8, 4) is 11.5 Å². The predicted octanol–water partition coefficient (Wildman–Crippen LogP) is 6.31. The van der Waals surface area contributed by atoms with Gasteiger partial charge in [0.05, 0.1) is 10.6 Å². The molecule has 0 aliphatic rings. The van der Waals surface area contributed by atoms with Crippen LogP contribution in [0.5, 0.6) is 11.5 Å². The molecule has 0 aliphatic heterocycles. The molecule has 0 spiro atoms. The standard InChI is InChI=1S/C35H38FN3O5S/c1-25(2)22-37-35(41)27(4)38(23-28-10-8-9-13-33(28)36)34(40)24-39(45(42,43)32-20-14-26(3)15-21-32)29-16-18-31(19-17-29)44-30-11-6-5-7-12-30/h5-21,25,27H,22-24H2,1-4H3,(H,37,41)/t27-/m0/s1. The number of benzene rings is 4. The summed E-state index contributed by atoms with van der Waals surface area (Å²) in [6, 6.07) is 26.7. The van der Waals surface area contributed by atoms with Crippen molar-refractivity contribution in [2.75, 3.05) is 17.4 Å². The Morgan fingerprint density at radius 1 is 0.822 bits per heavy atom. The van der Waals surface area contributed by atoms with Crippen molar-refractivity contribution in [1.82, 2.24) is 10.2 Å². The predicted molar refractivity (Wildman–Crippen MR) is 173 cm³/mol. The molecule has 0 unspecified atom stereocenters.